The number of hydrogen-bond acceptors (Lipinski definition) is 3. The number of aromatic nitrogens is 1. The lowest BCUT2D eigenvalue weighted by molar-refractivity contribution is 0.0691. The predicted octanol–water partition coefficient (Wildman–Crippen LogP) is 2.11. The van der Waals surface area contributed by atoms with E-state index < -0.39 is 5.97 Å². The molecule has 0 fully saturated rings. The molecule has 2 N–H and O–H groups in total. The SMILES string of the molecule is CNc1cc(C(=O)O)nc2ccc(F)cc12. The number of nitrogens with one attached hydrogen (secondary N) is 1. The minimum atomic E-state index is -1.11. The summed E-state index contributed by atoms with van der Waals surface area (Å²) in [6.45, 7) is 0. The third kappa shape index (κ3) is 1.67. The Morgan fingerprint density at radius 3 is 2.81 bits per heavy atom. The molecule has 5 heteroatoms. The van der Waals surface area contributed by atoms with Gasteiger partial charge in [0.05, 0.1) is 5.52 Å². The minimum Gasteiger partial charge on any atom is -0.477 e. The quantitative estimate of drug-likeness (QED) is 0.813. The van der Waals surface area contributed by atoms with E-state index in [2.05, 4.69) is 10.3 Å². The van der Waals surface area contributed by atoms with Crippen LogP contribution in [0.5, 0.6) is 0 Å². The summed E-state index contributed by atoms with van der Waals surface area (Å²) in [6, 6.07) is 5.41. The number of nitrogens with zero attached hydrogens (tertiary/aromatic N) is 1. The monoisotopic (exact) mass is 220 g/mol. The standard InChI is InChI=1S/C11H9FN2O2/c1-13-9-5-10(11(15)16)14-8-3-2-6(12)4-7(8)9/h2-5H,1H3,(H,13,14)(H,15,16). The number of fused-ring (bicyclic) bond motifs is 1. The highest BCUT2D eigenvalue weighted by atomic mass is 19.1. The first-order valence-electron chi connectivity index (χ1n) is 4.63. The number of hydrogen-bond donors (Lipinski definition) is 2. The van der Waals surface area contributed by atoms with Crippen LogP contribution in [0.25, 0.3) is 10.9 Å². The zero-order valence-electron chi connectivity index (χ0n) is 8.49. The third-order valence-electron chi connectivity index (χ3n) is 2.26. The summed E-state index contributed by atoms with van der Waals surface area (Å²) in [4.78, 5) is 14.7. The highest BCUT2D eigenvalue weighted by Crippen LogP contribution is 2.23. The normalized spacial score (nSPS) is 10.4. The third-order valence-corrected chi connectivity index (χ3v) is 2.26. The molecule has 2 aromatic rings. The van der Waals surface area contributed by atoms with Gasteiger partial charge in [-0.2, -0.15) is 0 Å². The number of aromatic carboxylic acids is 1. The maximum atomic E-state index is 13.0. The number of halogens is 1. The lowest BCUT2D eigenvalue weighted by Crippen LogP contribution is -2.02. The maximum absolute atomic E-state index is 13.0. The highest BCUT2D eigenvalue weighted by molar-refractivity contribution is 5.97. The molecule has 1 heterocycles. The molecule has 0 saturated carbocycles. The van der Waals surface area contributed by atoms with Crippen molar-refractivity contribution < 1.29 is 14.3 Å². The fourth-order valence-electron chi connectivity index (χ4n) is 1.51. The van der Waals surface area contributed by atoms with E-state index >= 15 is 0 Å². The first-order valence-corrected chi connectivity index (χ1v) is 4.63. The fraction of sp³-hybridized carbons (Fsp3) is 0.0909. The van der Waals surface area contributed by atoms with Crippen molar-refractivity contribution in [1.29, 1.82) is 0 Å². The number of rotatable bonds is 2. The van der Waals surface area contributed by atoms with Crippen LogP contribution >= 0.6 is 0 Å². The smallest absolute Gasteiger partial charge is 0.354 e. The Bertz CT molecular complexity index is 569. The Morgan fingerprint density at radius 2 is 2.19 bits per heavy atom. The van der Waals surface area contributed by atoms with Crippen LogP contribution in [-0.2, 0) is 0 Å². The summed E-state index contributed by atoms with van der Waals surface area (Å²) in [5.74, 6) is -1.49. The predicted molar refractivity (Wildman–Crippen MR) is 58.2 cm³/mol. The number of carboxylic acid groups (broad SMARTS) is 1. The van der Waals surface area contributed by atoms with Gasteiger partial charge in [-0.25, -0.2) is 14.2 Å². The van der Waals surface area contributed by atoms with Crippen LogP contribution in [0.2, 0.25) is 0 Å². The molecule has 0 unspecified atom stereocenters. The van der Waals surface area contributed by atoms with Crippen LogP contribution in [0.15, 0.2) is 24.3 Å². The number of carbonyl (C=O) groups is 1. The van der Waals surface area contributed by atoms with Crippen molar-refractivity contribution in [2.45, 2.75) is 0 Å². The minimum absolute atomic E-state index is 0.0662. The second-order valence-corrected chi connectivity index (χ2v) is 3.27. The molecule has 4 nitrogen and oxygen atoms in total. The van der Waals surface area contributed by atoms with Gasteiger partial charge in [-0.3, -0.25) is 0 Å². The summed E-state index contributed by atoms with van der Waals surface area (Å²) in [6.07, 6.45) is 0. The van der Waals surface area contributed by atoms with Gasteiger partial charge in [-0.1, -0.05) is 0 Å². The molecule has 1 aromatic carbocycles. The second kappa shape index (κ2) is 3.77. The Kier molecular flexibility index (Phi) is 2.44. The van der Waals surface area contributed by atoms with Gasteiger partial charge in [0.1, 0.15) is 5.82 Å². The summed E-state index contributed by atoms with van der Waals surface area (Å²) in [5, 5.41) is 12.2. The van der Waals surface area contributed by atoms with E-state index in [-0.39, 0.29) is 11.5 Å². The lowest BCUT2D eigenvalue weighted by atomic mass is 10.1. The molecule has 2 rings (SSSR count). The number of carboxylic acids is 1. The molecule has 0 bridgehead atoms. The van der Waals surface area contributed by atoms with E-state index in [1.54, 1.807) is 7.05 Å². The van der Waals surface area contributed by atoms with Gasteiger partial charge >= 0.3 is 5.97 Å². The molecule has 1 aromatic heterocycles. The van der Waals surface area contributed by atoms with Gasteiger partial charge in [0.15, 0.2) is 5.69 Å². The van der Waals surface area contributed by atoms with Gasteiger partial charge in [0, 0.05) is 18.1 Å². The molecule has 82 valence electrons. The van der Waals surface area contributed by atoms with E-state index in [0.29, 0.717) is 16.6 Å². The summed E-state index contributed by atoms with van der Waals surface area (Å²) < 4.78 is 13.0. The Morgan fingerprint density at radius 1 is 1.44 bits per heavy atom. The van der Waals surface area contributed by atoms with E-state index in [0.717, 1.165) is 0 Å². The van der Waals surface area contributed by atoms with Crippen LogP contribution in [0.1, 0.15) is 10.5 Å². The van der Waals surface area contributed by atoms with Gasteiger partial charge in [0.2, 0.25) is 0 Å². The molecule has 0 aliphatic rings. The van der Waals surface area contributed by atoms with Crippen molar-refractivity contribution in [1.82, 2.24) is 4.98 Å². The van der Waals surface area contributed by atoms with Crippen molar-refractivity contribution in [3.05, 3.63) is 35.8 Å². The largest absolute Gasteiger partial charge is 0.477 e. The van der Waals surface area contributed by atoms with E-state index in [1.807, 2.05) is 0 Å². The Hall–Kier alpha value is -2.17. The van der Waals surface area contributed by atoms with Crippen LogP contribution in [0.4, 0.5) is 10.1 Å². The van der Waals surface area contributed by atoms with Crippen molar-refractivity contribution >= 4 is 22.6 Å². The van der Waals surface area contributed by atoms with Gasteiger partial charge in [-0.05, 0) is 24.3 Å². The zero-order chi connectivity index (χ0) is 11.7. The average Bonchev–Trinajstić information content (AvgIpc) is 2.27. The lowest BCUT2D eigenvalue weighted by Gasteiger charge is -2.06. The molecule has 0 atom stereocenters. The molecular formula is C11H9FN2O2. The number of benzene rings is 1. The molecule has 0 aliphatic carbocycles. The maximum Gasteiger partial charge on any atom is 0.354 e. The van der Waals surface area contributed by atoms with Gasteiger partial charge in [0.25, 0.3) is 0 Å². The average molecular weight is 220 g/mol. The first-order chi connectivity index (χ1) is 7.61. The molecule has 0 radical (unpaired) electrons. The summed E-state index contributed by atoms with van der Waals surface area (Å²) >= 11 is 0. The molecule has 0 amide bonds. The number of anilines is 1. The van der Waals surface area contributed by atoms with Crippen LogP contribution in [0, 0.1) is 5.82 Å². The fourth-order valence-corrected chi connectivity index (χ4v) is 1.51. The van der Waals surface area contributed by atoms with Crippen LogP contribution in [0.3, 0.4) is 0 Å². The Labute approximate surface area is 90.7 Å². The topological polar surface area (TPSA) is 62.2 Å². The van der Waals surface area contributed by atoms with Gasteiger partial charge in [-0.15, -0.1) is 0 Å². The molecule has 0 spiro atoms. The second-order valence-electron chi connectivity index (χ2n) is 3.27. The van der Waals surface area contributed by atoms with Crippen molar-refractivity contribution in [3.63, 3.8) is 0 Å². The summed E-state index contributed by atoms with van der Waals surface area (Å²) in [5.41, 5.74) is 0.927. The zero-order valence-corrected chi connectivity index (χ0v) is 8.49. The summed E-state index contributed by atoms with van der Waals surface area (Å²) in [7, 11) is 1.64. The van der Waals surface area contributed by atoms with Crippen molar-refractivity contribution in [3.8, 4) is 0 Å². The van der Waals surface area contributed by atoms with E-state index in [9.17, 15) is 9.18 Å². The van der Waals surface area contributed by atoms with Crippen molar-refractivity contribution in [2.75, 3.05) is 12.4 Å². The molecule has 0 saturated heterocycles. The van der Waals surface area contributed by atoms with Gasteiger partial charge < -0.3 is 10.4 Å². The Balaban J connectivity index is 2.78. The van der Waals surface area contributed by atoms with E-state index in [1.165, 1.54) is 24.3 Å². The highest BCUT2D eigenvalue weighted by Gasteiger charge is 2.10. The molecular weight excluding hydrogens is 211 g/mol. The molecule has 16 heavy (non-hydrogen) atoms. The number of pyridine rings is 1. The first kappa shape index (κ1) is 10.4. The van der Waals surface area contributed by atoms with Crippen LogP contribution in [-0.4, -0.2) is 23.1 Å². The van der Waals surface area contributed by atoms with Crippen molar-refractivity contribution in [2.24, 2.45) is 0 Å². The molecule has 0 aliphatic heterocycles. The van der Waals surface area contributed by atoms with Crippen LogP contribution < -0.4 is 5.32 Å². The van der Waals surface area contributed by atoms with E-state index in [4.69, 9.17) is 5.11 Å².